The minimum Gasteiger partial charge on any atom is -0.322 e. The Morgan fingerprint density at radius 3 is 1.95 bits per heavy atom. The van der Waals surface area contributed by atoms with E-state index in [1.54, 1.807) is 0 Å². The second kappa shape index (κ2) is 6.85. The lowest BCUT2D eigenvalue weighted by Crippen LogP contribution is -2.40. The summed E-state index contributed by atoms with van der Waals surface area (Å²) < 4.78 is 0. The average Bonchev–Trinajstić information content (AvgIpc) is 2.62. The lowest BCUT2D eigenvalue weighted by Gasteiger charge is -2.23. The summed E-state index contributed by atoms with van der Waals surface area (Å²) in [4.78, 5) is 25.3. The molecule has 114 valence electrons. The number of carbonyl (C=O) groups excluding carboxylic acids is 2. The lowest BCUT2D eigenvalue weighted by atomic mass is 9.99. The Bertz CT molecular complexity index is 490. The zero-order valence-electron chi connectivity index (χ0n) is 12.8. The van der Waals surface area contributed by atoms with Crippen LogP contribution in [-0.2, 0) is 9.59 Å². The van der Waals surface area contributed by atoms with E-state index in [4.69, 9.17) is 5.73 Å². The predicted molar refractivity (Wildman–Crippen MR) is 82.6 cm³/mol. The van der Waals surface area contributed by atoms with Gasteiger partial charge in [-0.3, -0.25) is 14.5 Å². The minimum atomic E-state index is -0.322. The van der Waals surface area contributed by atoms with Gasteiger partial charge in [0.1, 0.15) is 0 Å². The highest BCUT2D eigenvalue weighted by molar-refractivity contribution is 5.96. The number of rotatable bonds is 4. The van der Waals surface area contributed by atoms with E-state index in [9.17, 15) is 9.59 Å². The van der Waals surface area contributed by atoms with E-state index in [2.05, 4.69) is 26.0 Å². The van der Waals surface area contributed by atoms with E-state index in [0.29, 0.717) is 18.8 Å². The minimum absolute atomic E-state index is 0.0910. The first-order chi connectivity index (χ1) is 9.99. The average molecular weight is 288 g/mol. The van der Waals surface area contributed by atoms with Crippen LogP contribution in [0.3, 0.4) is 0 Å². The van der Waals surface area contributed by atoms with E-state index < -0.39 is 0 Å². The first-order valence-corrected chi connectivity index (χ1v) is 7.67. The summed E-state index contributed by atoms with van der Waals surface area (Å²) in [5.41, 5.74) is 8.40. The molecule has 1 aliphatic heterocycles. The summed E-state index contributed by atoms with van der Waals surface area (Å²) in [6, 6.07) is 7.79. The summed E-state index contributed by atoms with van der Waals surface area (Å²) in [5, 5.41) is 0. The molecule has 2 rings (SSSR count). The Morgan fingerprint density at radius 1 is 1.00 bits per heavy atom. The molecule has 1 saturated heterocycles. The van der Waals surface area contributed by atoms with Crippen molar-refractivity contribution in [2.24, 2.45) is 5.73 Å². The molecule has 1 aromatic carbocycles. The molecular formula is C17H24N2O2. The number of nitrogens with zero attached hydrogens (tertiary/aromatic N) is 1. The van der Waals surface area contributed by atoms with Crippen LogP contribution < -0.4 is 5.73 Å². The van der Waals surface area contributed by atoms with Crippen LogP contribution in [0.1, 0.15) is 62.6 Å². The summed E-state index contributed by atoms with van der Waals surface area (Å²) in [5.74, 6) is 0.294. The van der Waals surface area contributed by atoms with Crippen LogP contribution >= 0.6 is 0 Å². The molecule has 0 saturated carbocycles. The summed E-state index contributed by atoms with van der Waals surface area (Å²) in [6.07, 6.45) is 2.48. The number of carbonyl (C=O) groups is 2. The summed E-state index contributed by atoms with van der Waals surface area (Å²) >= 11 is 0. The molecule has 1 unspecified atom stereocenters. The zero-order chi connectivity index (χ0) is 15.4. The third-order valence-electron chi connectivity index (χ3n) is 4.04. The van der Waals surface area contributed by atoms with Crippen molar-refractivity contribution in [1.82, 2.24) is 4.90 Å². The fourth-order valence-electron chi connectivity index (χ4n) is 2.60. The van der Waals surface area contributed by atoms with Crippen LogP contribution in [0, 0.1) is 0 Å². The van der Waals surface area contributed by atoms with Crippen LogP contribution in [0.25, 0.3) is 0 Å². The number of benzene rings is 1. The van der Waals surface area contributed by atoms with Crippen molar-refractivity contribution in [3.05, 3.63) is 35.4 Å². The van der Waals surface area contributed by atoms with Gasteiger partial charge >= 0.3 is 0 Å². The quantitative estimate of drug-likeness (QED) is 0.866. The van der Waals surface area contributed by atoms with Gasteiger partial charge in [0.2, 0.25) is 11.8 Å². The van der Waals surface area contributed by atoms with Crippen LogP contribution in [0.2, 0.25) is 0 Å². The second-order valence-corrected chi connectivity index (χ2v) is 6.03. The molecule has 1 heterocycles. The molecule has 0 aromatic heterocycles. The number of likely N-dealkylation sites (tertiary alicyclic amines) is 1. The van der Waals surface area contributed by atoms with Gasteiger partial charge < -0.3 is 5.73 Å². The largest absolute Gasteiger partial charge is 0.322 e. The first-order valence-electron chi connectivity index (χ1n) is 7.67. The van der Waals surface area contributed by atoms with Crippen molar-refractivity contribution in [3.63, 3.8) is 0 Å². The monoisotopic (exact) mass is 288 g/mol. The molecule has 1 atom stereocenters. The van der Waals surface area contributed by atoms with Gasteiger partial charge in [-0.25, -0.2) is 0 Å². The highest BCUT2D eigenvalue weighted by Crippen LogP contribution is 2.20. The third-order valence-corrected chi connectivity index (χ3v) is 4.04. The number of amides is 2. The zero-order valence-corrected chi connectivity index (χ0v) is 12.8. The molecule has 0 bridgehead atoms. The molecule has 1 aromatic rings. The Hall–Kier alpha value is -1.68. The molecule has 4 heteroatoms. The molecule has 4 nitrogen and oxygen atoms in total. The molecular weight excluding hydrogens is 264 g/mol. The molecule has 2 amide bonds. The Balaban J connectivity index is 2.07. The topological polar surface area (TPSA) is 63.4 Å². The number of imide groups is 1. The second-order valence-electron chi connectivity index (χ2n) is 6.03. The molecule has 1 aliphatic rings. The van der Waals surface area contributed by atoms with Gasteiger partial charge in [0.15, 0.2) is 0 Å². The molecule has 0 spiro atoms. The maximum absolute atomic E-state index is 12.0. The lowest BCUT2D eigenvalue weighted by molar-refractivity contribution is -0.144. The molecule has 0 aliphatic carbocycles. The van der Waals surface area contributed by atoms with E-state index in [0.717, 1.165) is 18.4 Å². The fourth-order valence-corrected chi connectivity index (χ4v) is 2.60. The standard InChI is InChI=1S/C17H24N2O2/c1-12(2)13-7-9-14(10-8-13)15(18)11-19-16(20)5-3-4-6-17(19)21/h7-10,12,15H,3-6,11,18H2,1-2H3. The van der Waals surface area contributed by atoms with Gasteiger partial charge in [-0.2, -0.15) is 0 Å². The van der Waals surface area contributed by atoms with Crippen molar-refractivity contribution in [2.75, 3.05) is 6.54 Å². The Morgan fingerprint density at radius 2 is 1.48 bits per heavy atom. The highest BCUT2D eigenvalue weighted by atomic mass is 16.2. The van der Waals surface area contributed by atoms with E-state index in [1.165, 1.54) is 10.5 Å². The summed E-state index contributed by atoms with van der Waals surface area (Å²) in [7, 11) is 0. The SMILES string of the molecule is CC(C)c1ccc(C(N)CN2C(=O)CCCCC2=O)cc1. The first kappa shape index (κ1) is 15.7. The number of hydrogen-bond acceptors (Lipinski definition) is 3. The van der Waals surface area contributed by atoms with Gasteiger partial charge in [-0.05, 0) is 29.9 Å². The van der Waals surface area contributed by atoms with Gasteiger partial charge in [-0.15, -0.1) is 0 Å². The third kappa shape index (κ3) is 3.91. The predicted octanol–water partition coefficient (Wildman–Crippen LogP) is 2.74. The maximum Gasteiger partial charge on any atom is 0.229 e. The van der Waals surface area contributed by atoms with Crippen LogP contribution in [0.15, 0.2) is 24.3 Å². The van der Waals surface area contributed by atoms with Crippen molar-refractivity contribution in [3.8, 4) is 0 Å². The molecule has 21 heavy (non-hydrogen) atoms. The van der Waals surface area contributed by atoms with Gasteiger partial charge in [-0.1, -0.05) is 38.1 Å². The van der Waals surface area contributed by atoms with Crippen molar-refractivity contribution >= 4 is 11.8 Å². The van der Waals surface area contributed by atoms with Crippen molar-refractivity contribution in [2.45, 2.75) is 51.5 Å². The smallest absolute Gasteiger partial charge is 0.229 e. The number of nitrogens with two attached hydrogens (primary N) is 1. The van der Waals surface area contributed by atoms with E-state index in [1.807, 2.05) is 12.1 Å². The van der Waals surface area contributed by atoms with Crippen molar-refractivity contribution in [1.29, 1.82) is 0 Å². The maximum atomic E-state index is 12.0. The van der Waals surface area contributed by atoms with E-state index >= 15 is 0 Å². The molecule has 1 fully saturated rings. The van der Waals surface area contributed by atoms with Gasteiger partial charge in [0, 0.05) is 25.4 Å². The van der Waals surface area contributed by atoms with Crippen LogP contribution in [-0.4, -0.2) is 23.3 Å². The van der Waals surface area contributed by atoms with Gasteiger partial charge in [0.25, 0.3) is 0 Å². The van der Waals surface area contributed by atoms with Crippen LogP contribution in [0.4, 0.5) is 0 Å². The summed E-state index contributed by atoms with van der Waals surface area (Å²) in [6.45, 7) is 4.56. The van der Waals surface area contributed by atoms with Crippen LogP contribution in [0.5, 0.6) is 0 Å². The normalized spacial score (nSPS) is 18.0. The van der Waals surface area contributed by atoms with Gasteiger partial charge in [0.05, 0.1) is 0 Å². The molecule has 0 radical (unpaired) electrons. The van der Waals surface area contributed by atoms with Crippen molar-refractivity contribution < 1.29 is 9.59 Å². The Kier molecular flexibility index (Phi) is 5.12. The van der Waals surface area contributed by atoms with E-state index in [-0.39, 0.29) is 24.4 Å². The molecule has 2 N–H and O–H groups in total. The highest BCUT2D eigenvalue weighted by Gasteiger charge is 2.26. The number of hydrogen-bond donors (Lipinski definition) is 1. The Labute approximate surface area is 126 Å². The fraction of sp³-hybridized carbons (Fsp3) is 0.529.